The Morgan fingerprint density at radius 1 is 1.36 bits per heavy atom. The van der Waals surface area contributed by atoms with Crippen LogP contribution in [0.5, 0.6) is 0 Å². The summed E-state index contributed by atoms with van der Waals surface area (Å²) in [5.74, 6) is 0. The van der Waals surface area contributed by atoms with Gasteiger partial charge in [0.05, 0.1) is 11.7 Å². The number of aliphatic hydroxyl groups is 2. The third-order valence-electron chi connectivity index (χ3n) is 3.90. The average Bonchev–Trinajstić information content (AvgIpc) is 2.70. The lowest BCUT2D eigenvalue weighted by molar-refractivity contribution is 0.00494. The number of H-pyrrole nitrogens is 1. The molecule has 22 heavy (non-hydrogen) atoms. The summed E-state index contributed by atoms with van der Waals surface area (Å²) < 4.78 is 6.61. The lowest BCUT2D eigenvalue weighted by Gasteiger charge is -2.18. The van der Waals surface area contributed by atoms with E-state index in [1.54, 1.807) is 0 Å². The Bertz CT molecular complexity index is 704. The molecule has 1 aromatic heterocycles. The molecule has 8 heteroatoms. The normalized spacial score (nSPS) is 29.0. The first kappa shape index (κ1) is 17.2. The average molecular weight is 330 g/mol. The van der Waals surface area contributed by atoms with Gasteiger partial charge in [-0.05, 0) is 25.9 Å². The number of aromatic amines is 1. The lowest BCUT2D eigenvalue weighted by atomic mass is 10.0. The summed E-state index contributed by atoms with van der Waals surface area (Å²) in [6.45, 7) is 2.90. The molecule has 7 nitrogen and oxygen atoms in total. The molecule has 4 atom stereocenters. The molecule has 0 aliphatic carbocycles. The molecule has 2 heterocycles. The zero-order chi connectivity index (χ0) is 16.7. The summed E-state index contributed by atoms with van der Waals surface area (Å²) in [5.41, 5.74) is -0.938. The Labute approximate surface area is 128 Å². The molecule has 0 spiro atoms. The van der Waals surface area contributed by atoms with Gasteiger partial charge in [-0.1, -0.05) is 0 Å². The first-order chi connectivity index (χ1) is 10.1. The summed E-state index contributed by atoms with van der Waals surface area (Å²) >= 11 is 0. The van der Waals surface area contributed by atoms with Crippen LogP contribution in [0.15, 0.2) is 15.8 Å². The smallest absolute Gasteiger partial charge is 0.328 e. The number of ether oxygens (including phenoxy) is 1. The van der Waals surface area contributed by atoms with Gasteiger partial charge in [0.15, 0.2) is 0 Å². The van der Waals surface area contributed by atoms with Crippen LogP contribution in [0.3, 0.4) is 0 Å². The van der Waals surface area contributed by atoms with Crippen LogP contribution < -0.4 is 11.2 Å². The Hall–Kier alpha value is -1.14. The molecule has 1 aliphatic rings. The highest BCUT2D eigenvalue weighted by molar-refractivity contribution is 7.72. The molecule has 124 valence electrons. The fourth-order valence-electron chi connectivity index (χ4n) is 2.51. The highest BCUT2D eigenvalue weighted by Gasteiger charge is 2.44. The summed E-state index contributed by atoms with van der Waals surface area (Å²) in [4.78, 5) is 25.9. The highest BCUT2D eigenvalue weighted by Crippen LogP contribution is 2.40. The van der Waals surface area contributed by atoms with Crippen LogP contribution in [0.2, 0.25) is 0 Å². The highest BCUT2D eigenvalue weighted by atomic mass is 31.2. The zero-order valence-electron chi connectivity index (χ0n) is 13.0. The molecule has 2 rings (SSSR count). The van der Waals surface area contributed by atoms with Gasteiger partial charge in [-0.3, -0.25) is 9.36 Å². The summed E-state index contributed by atoms with van der Waals surface area (Å²) in [5, 5.41) is 20.3. The van der Waals surface area contributed by atoms with Crippen molar-refractivity contribution in [1.82, 2.24) is 9.55 Å². The van der Waals surface area contributed by atoms with Gasteiger partial charge in [-0.15, -0.1) is 13.2 Å². The number of rotatable bonds is 4. The first-order valence-corrected chi connectivity index (χ1v) is 10.1. The number of hydrogen-bond acceptors (Lipinski definition) is 5. The molecule has 3 N–H and O–H groups in total. The molecule has 0 radical (unpaired) electrons. The molecule has 0 bridgehead atoms. The predicted octanol–water partition coefficient (Wildman–Crippen LogP) is -0.665. The van der Waals surface area contributed by atoms with Gasteiger partial charge >= 0.3 is 5.69 Å². The van der Waals surface area contributed by atoms with E-state index >= 15 is 0 Å². The Kier molecular flexibility index (Phi) is 4.82. The summed E-state index contributed by atoms with van der Waals surface area (Å²) in [7, 11) is 1.34. The van der Waals surface area contributed by atoms with Crippen molar-refractivity contribution in [2.45, 2.75) is 30.8 Å². The van der Waals surface area contributed by atoms with E-state index in [1.165, 1.54) is 13.2 Å². The van der Waals surface area contributed by atoms with E-state index in [-0.39, 0.29) is 5.56 Å². The molecular formula is C14H23N2O5P. The molecular weight excluding hydrogens is 307 g/mol. The number of nitrogens with zero attached hydrogens (tertiary/aromatic N) is 1. The van der Waals surface area contributed by atoms with Crippen molar-refractivity contribution >= 4 is 13.2 Å². The number of hydrogen-bond donors (Lipinski definition) is 3. The zero-order valence-corrected chi connectivity index (χ0v) is 13.9. The SMILES string of the molecule is C=P(C)(C)CCC1OC(c2c[nH]c(=O)n(C)c2=O)[C@H](O)[C@@H]1O. The van der Waals surface area contributed by atoms with Crippen molar-refractivity contribution in [2.75, 3.05) is 19.5 Å². The van der Waals surface area contributed by atoms with Gasteiger partial charge in [0.2, 0.25) is 0 Å². The third kappa shape index (κ3) is 3.43. The van der Waals surface area contributed by atoms with E-state index in [2.05, 4.69) is 24.6 Å². The maximum absolute atomic E-state index is 12.1. The van der Waals surface area contributed by atoms with Crippen LogP contribution in [0.25, 0.3) is 0 Å². The van der Waals surface area contributed by atoms with Crippen molar-refractivity contribution in [3.8, 4) is 0 Å². The molecule has 1 fully saturated rings. The number of aliphatic hydroxyl groups excluding tert-OH is 2. The largest absolute Gasteiger partial charge is 0.388 e. The van der Waals surface area contributed by atoms with Gasteiger partial charge in [0.25, 0.3) is 5.56 Å². The van der Waals surface area contributed by atoms with Gasteiger partial charge in [0.1, 0.15) is 18.3 Å². The van der Waals surface area contributed by atoms with Crippen molar-refractivity contribution in [1.29, 1.82) is 0 Å². The molecule has 1 aliphatic heterocycles. The molecule has 2 unspecified atom stereocenters. The van der Waals surface area contributed by atoms with E-state index in [1.807, 2.05) is 0 Å². The van der Waals surface area contributed by atoms with E-state index in [0.717, 1.165) is 10.7 Å². The van der Waals surface area contributed by atoms with E-state index in [9.17, 15) is 19.8 Å². The molecule has 1 aromatic rings. The van der Waals surface area contributed by atoms with E-state index < -0.39 is 42.6 Å². The maximum Gasteiger partial charge on any atom is 0.328 e. The Balaban J connectivity index is 2.24. The standard InChI is InChI=1S/C14H23N2O5P/c1-16-13(19)8(7-15-14(16)20)12-11(18)10(17)9(21-12)5-6-22(2,3)4/h7,9-12,17-18H,2,5-6H2,1,3-4H3,(H,15,20)/t9?,10-,11-,12?/m1/s1. The van der Waals surface area contributed by atoms with E-state index in [0.29, 0.717) is 6.42 Å². The van der Waals surface area contributed by atoms with Gasteiger partial charge in [-0.25, -0.2) is 4.79 Å². The van der Waals surface area contributed by atoms with Gasteiger partial charge in [-0.2, -0.15) is 0 Å². The summed E-state index contributed by atoms with van der Waals surface area (Å²) in [6.07, 6.45) is 2.99. The van der Waals surface area contributed by atoms with E-state index in [4.69, 9.17) is 4.74 Å². The van der Waals surface area contributed by atoms with Gasteiger partial charge < -0.3 is 19.9 Å². The molecule has 0 amide bonds. The second kappa shape index (κ2) is 6.16. The van der Waals surface area contributed by atoms with Crippen LogP contribution in [0.4, 0.5) is 0 Å². The number of nitrogens with one attached hydrogen (secondary N) is 1. The summed E-state index contributed by atoms with van der Waals surface area (Å²) in [6, 6.07) is 0. The van der Waals surface area contributed by atoms with Gasteiger partial charge in [0, 0.05) is 13.2 Å². The molecule has 0 aromatic carbocycles. The van der Waals surface area contributed by atoms with Crippen LogP contribution >= 0.6 is 6.89 Å². The minimum absolute atomic E-state index is 0.139. The Morgan fingerprint density at radius 2 is 2.00 bits per heavy atom. The Morgan fingerprint density at radius 3 is 2.59 bits per heavy atom. The second-order valence-electron chi connectivity index (χ2n) is 6.44. The van der Waals surface area contributed by atoms with Crippen molar-refractivity contribution in [2.24, 2.45) is 7.05 Å². The first-order valence-electron chi connectivity index (χ1n) is 7.09. The fraction of sp³-hybridized carbons (Fsp3) is 0.643. The minimum Gasteiger partial charge on any atom is -0.388 e. The van der Waals surface area contributed by atoms with Crippen LogP contribution in [-0.4, -0.2) is 63.9 Å². The van der Waals surface area contributed by atoms with Crippen LogP contribution in [0.1, 0.15) is 18.1 Å². The predicted molar refractivity (Wildman–Crippen MR) is 87.3 cm³/mol. The minimum atomic E-state index is -1.27. The van der Waals surface area contributed by atoms with Crippen molar-refractivity contribution < 1.29 is 14.9 Å². The molecule has 1 saturated heterocycles. The third-order valence-corrected chi connectivity index (χ3v) is 5.36. The van der Waals surface area contributed by atoms with Crippen molar-refractivity contribution in [3.05, 3.63) is 32.6 Å². The number of aromatic nitrogens is 2. The quantitative estimate of drug-likeness (QED) is 0.636. The second-order valence-corrected chi connectivity index (χ2v) is 10.8. The maximum atomic E-state index is 12.1. The monoisotopic (exact) mass is 330 g/mol. The topological polar surface area (TPSA) is 105 Å². The van der Waals surface area contributed by atoms with Crippen LogP contribution in [-0.2, 0) is 11.8 Å². The van der Waals surface area contributed by atoms with Crippen molar-refractivity contribution in [3.63, 3.8) is 0 Å². The fourth-order valence-corrected chi connectivity index (χ4v) is 3.46. The lowest BCUT2D eigenvalue weighted by Crippen LogP contribution is -2.37. The molecule has 0 saturated carbocycles. The van der Waals surface area contributed by atoms with Crippen LogP contribution in [0, 0.1) is 0 Å².